The zero-order valence-electron chi connectivity index (χ0n) is 12.5. The van der Waals surface area contributed by atoms with Gasteiger partial charge in [0.1, 0.15) is 12.4 Å². The largest absolute Gasteiger partial charge is 0.323 e. The van der Waals surface area contributed by atoms with Crippen molar-refractivity contribution in [1.29, 1.82) is 0 Å². The summed E-state index contributed by atoms with van der Waals surface area (Å²) in [5.74, 6) is 0.718. The molecule has 0 bridgehead atoms. The summed E-state index contributed by atoms with van der Waals surface area (Å²) < 4.78 is 1.93. The highest BCUT2D eigenvalue weighted by molar-refractivity contribution is 6.36. The molecule has 1 N–H and O–H groups in total. The molecule has 3 aromatic rings. The molecule has 1 amide bonds. The van der Waals surface area contributed by atoms with E-state index in [1.807, 2.05) is 35.8 Å². The number of carbonyl (C=O) groups excluding carboxylic acids is 1. The number of hydrogen-bond donors (Lipinski definition) is 1. The molecule has 23 heavy (non-hydrogen) atoms. The second-order valence-electron chi connectivity index (χ2n) is 5.13. The SMILES string of the molecule is CCc1nc2ccccc2n1CC(=O)Nc1ccc(Cl)cc1Cl. The molecule has 0 spiro atoms. The van der Waals surface area contributed by atoms with Crippen molar-refractivity contribution < 1.29 is 4.79 Å². The fourth-order valence-electron chi connectivity index (χ4n) is 2.50. The van der Waals surface area contributed by atoms with E-state index >= 15 is 0 Å². The van der Waals surface area contributed by atoms with E-state index in [2.05, 4.69) is 10.3 Å². The Labute approximate surface area is 144 Å². The lowest BCUT2D eigenvalue weighted by Gasteiger charge is -2.10. The van der Waals surface area contributed by atoms with Crippen molar-refractivity contribution in [3.63, 3.8) is 0 Å². The molecule has 6 heteroatoms. The number of rotatable bonds is 4. The van der Waals surface area contributed by atoms with Crippen LogP contribution in [-0.4, -0.2) is 15.5 Å². The Morgan fingerprint density at radius 1 is 1.22 bits per heavy atom. The first-order chi connectivity index (χ1) is 11.1. The van der Waals surface area contributed by atoms with Crippen LogP contribution in [0.5, 0.6) is 0 Å². The number of nitrogens with one attached hydrogen (secondary N) is 1. The Morgan fingerprint density at radius 3 is 2.74 bits per heavy atom. The number of carbonyl (C=O) groups is 1. The van der Waals surface area contributed by atoms with Crippen LogP contribution in [0.4, 0.5) is 5.69 Å². The average molecular weight is 348 g/mol. The van der Waals surface area contributed by atoms with E-state index in [0.29, 0.717) is 15.7 Å². The number of amides is 1. The van der Waals surface area contributed by atoms with E-state index in [0.717, 1.165) is 23.3 Å². The van der Waals surface area contributed by atoms with Gasteiger partial charge >= 0.3 is 0 Å². The minimum atomic E-state index is -0.160. The van der Waals surface area contributed by atoms with Crippen molar-refractivity contribution in [2.45, 2.75) is 19.9 Å². The van der Waals surface area contributed by atoms with Crippen LogP contribution in [0.15, 0.2) is 42.5 Å². The first-order valence-corrected chi connectivity index (χ1v) is 8.03. The molecule has 1 aromatic heterocycles. The highest BCUT2D eigenvalue weighted by atomic mass is 35.5. The first kappa shape index (κ1) is 15.8. The van der Waals surface area contributed by atoms with E-state index in [1.165, 1.54) is 0 Å². The van der Waals surface area contributed by atoms with Gasteiger partial charge in [-0.1, -0.05) is 42.3 Å². The van der Waals surface area contributed by atoms with Crippen LogP contribution in [0.25, 0.3) is 11.0 Å². The minimum Gasteiger partial charge on any atom is -0.323 e. The van der Waals surface area contributed by atoms with E-state index in [4.69, 9.17) is 23.2 Å². The molecule has 118 valence electrons. The van der Waals surface area contributed by atoms with E-state index in [1.54, 1.807) is 18.2 Å². The topological polar surface area (TPSA) is 46.9 Å². The quantitative estimate of drug-likeness (QED) is 0.752. The van der Waals surface area contributed by atoms with Crippen LogP contribution in [0.1, 0.15) is 12.7 Å². The normalized spacial score (nSPS) is 10.9. The van der Waals surface area contributed by atoms with Gasteiger partial charge in [0.05, 0.1) is 21.7 Å². The molecule has 0 aliphatic heterocycles. The van der Waals surface area contributed by atoms with Crippen molar-refractivity contribution in [3.8, 4) is 0 Å². The van der Waals surface area contributed by atoms with E-state index in [9.17, 15) is 4.79 Å². The number of aryl methyl sites for hydroxylation is 1. The van der Waals surface area contributed by atoms with Crippen LogP contribution in [0.3, 0.4) is 0 Å². The molecule has 0 aliphatic carbocycles. The Balaban J connectivity index is 1.85. The van der Waals surface area contributed by atoms with Crippen LogP contribution < -0.4 is 5.32 Å². The van der Waals surface area contributed by atoms with Gasteiger partial charge in [-0.15, -0.1) is 0 Å². The molecular weight excluding hydrogens is 333 g/mol. The molecule has 0 aliphatic rings. The number of halogens is 2. The van der Waals surface area contributed by atoms with Crippen LogP contribution in [0, 0.1) is 0 Å². The summed E-state index contributed by atoms with van der Waals surface area (Å²) in [6.07, 6.45) is 0.754. The number of aromatic nitrogens is 2. The maximum Gasteiger partial charge on any atom is 0.244 e. The number of imidazole rings is 1. The van der Waals surface area contributed by atoms with Crippen molar-refractivity contribution in [2.75, 3.05) is 5.32 Å². The molecule has 3 rings (SSSR count). The third-order valence-corrected chi connectivity index (χ3v) is 4.10. The number of anilines is 1. The van der Waals surface area contributed by atoms with Crippen molar-refractivity contribution in [2.24, 2.45) is 0 Å². The number of benzene rings is 2. The molecule has 0 saturated heterocycles. The van der Waals surface area contributed by atoms with Crippen LogP contribution in [0.2, 0.25) is 10.0 Å². The van der Waals surface area contributed by atoms with Gasteiger partial charge in [-0.25, -0.2) is 4.98 Å². The summed E-state index contributed by atoms with van der Waals surface area (Å²) in [6.45, 7) is 2.20. The highest BCUT2D eigenvalue weighted by Crippen LogP contribution is 2.25. The zero-order valence-corrected chi connectivity index (χ0v) is 14.0. The molecule has 0 saturated carbocycles. The molecule has 0 fully saturated rings. The first-order valence-electron chi connectivity index (χ1n) is 7.27. The Hall–Kier alpha value is -2.04. The Bertz CT molecular complexity index is 873. The van der Waals surface area contributed by atoms with Crippen molar-refractivity contribution >= 4 is 45.8 Å². The monoisotopic (exact) mass is 347 g/mol. The van der Waals surface area contributed by atoms with Gasteiger partial charge in [-0.05, 0) is 30.3 Å². The van der Waals surface area contributed by atoms with Gasteiger partial charge in [0, 0.05) is 11.4 Å². The standard InChI is InChI=1S/C17H15Cl2N3O/c1-2-16-20-14-5-3-4-6-15(14)22(16)10-17(23)21-13-8-7-11(18)9-12(13)19/h3-9H,2,10H2,1H3,(H,21,23). The summed E-state index contributed by atoms with van der Waals surface area (Å²) in [5.41, 5.74) is 2.38. The highest BCUT2D eigenvalue weighted by Gasteiger charge is 2.13. The van der Waals surface area contributed by atoms with E-state index in [-0.39, 0.29) is 12.5 Å². The summed E-state index contributed by atoms with van der Waals surface area (Å²) in [6, 6.07) is 12.8. The van der Waals surface area contributed by atoms with Gasteiger partial charge in [-0.3, -0.25) is 4.79 Å². The summed E-state index contributed by atoms with van der Waals surface area (Å²) in [7, 11) is 0. The zero-order chi connectivity index (χ0) is 16.4. The third-order valence-electron chi connectivity index (χ3n) is 3.56. The van der Waals surface area contributed by atoms with Gasteiger partial charge in [0.2, 0.25) is 5.91 Å². The molecule has 0 atom stereocenters. The fourth-order valence-corrected chi connectivity index (χ4v) is 2.95. The van der Waals surface area contributed by atoms with Crippen molar-refractivity contribution in [3.05, 3.63) is 58.3 Å². The van der Waals surface area contributed by atoms with Crippen LogP contribution in [-0.2, 0) is 17.8 Å². The Morgan fingerprint density at radius 2 is 2.00 bits per heavy atom. The maximum absolute atomic E-state index is 12.4. The summed E-state index contributed by atoms with van der Waals surface area (Å²) in [5, 5.41) is 3.76. The minimum absolute atomic E-state index is 0.160. The lowest BCUT2D eigenvalue weighted by molar-refractivity contribution is -0.116. The molecule has 0 radical (unpaired) electrons. The Kier molecular flexibility index (Phi) is 4.55. The lowest BCUT2D eigenvalue weighted by Crippen LogP contribution is -2.20. The van der Waals surface area contributed by atoms with Gasteiger partial charge in [0.25, 0.3) is 0 Å². The fraction of sp³-hybridized carbons (Fsp3) is 0.176. The average Bonchev–Trinajstić information content (AvgIpc) is 2.88. The number of hydrogen-bond acceptors (Lipinski definition) is 2. The molecular formula is C17H15Cl2N3O. The van der Waals surface area contributed by atoms with Gasteiger partial charge < -0.3 is 9.88 Å². The third kappa shape index (κ3) is 3.33. The van der Waals surface area contributed by atoms with Gasteiger partial charge in [-0.2, -0.15) is 0 Å². The number of para-hydroxylation sites is 2. The summed E-state index contributed by atoms with van der Waals surface area (Å²) >= 11 is 12.0. The predicted molar refractivity (Wildman–Crippen MR) is 94.2 cm³/mol. The number of fused-ring (bicyclic) bond motifs is 1. The van der Waals surface area contributed by atoms with Crippen molar-refractivity contribution in [1.82, 2.24) is 9.55 Å². The molecule has 1 heterocycles. The predicted octanol–water partition coefficient (Wildman–Crippen LogP) is 4.54. The number of nitrogens with zero attached hydrogens (tertiary/aromatic N) is 2. The smallest absolute Gasteiger partial charge is 0.244 e. The molecule has 4 nitrogen and oxygen atoms in total. The van der Waals surface area contributed by atoms with E-state index < -0.39 is 0 Å². The van der Waals surface area contributed by atoms with Crippen LogP contribution >= 0.6 is 23.2 Å². The molecule has 2 aromatic carbocycles. The lowest BCUT2D eigenvalue weighted by atomic mass is 10.3. The molecule has 0 unspecified atom stereocenters. The second-order valence-corrected chi connectivity index (χ2v) is 5.97. The summed E-state index contributed by atoms with van der Waals surface area (Å²) in [4.78, 5) is 16.9. The maximum atomic E-state index is 12.4. The second kappa shape index (κ2) is 6.60. The van der Waals surface area contributed by atoms with Gasteiger partial charge in [0.15, 0.2) is 0 Å².